The Labute approximate surface area is 176 Å². The van der Waals surface area contributed by atoms with Crippen LogP contribution in [-0.2, 0) is 14.3 Å². The van der Waals surface area contributed by atoms with E-state index < -0.39 is 0 Å². The first-order valence-electron chi connectivity index (χ1n) is 10.1. The second kappa shape index (κ2) is 9.43. The van der Waals surface area contributed by atoms with Gasteiger partial charge in [-0.2, -0.15) is 0 Å². The number of carbonyl (C=O) groups excluding carboxylic acids is 2. The lowest BCUT2D eigenvalue weighted by Gasteiger charge is -2.11. The maximum absolute atomic E-state index is 12.1. The van der Waals surface area contributed by atoms with Crippen LogP contribution in [0.25, 0.3) is 16.9 Å². The van der Waals surface area contributed by atoms with Crippen LogP contribution in [0, 0.1) is 12.8 Å². The van der Waals surface area contributed by atoms with Gasteiger partial charge in [-0.25, -0.2) is 4.98 Å². The lowest BCUT2D eigenvalue weighted by atomic mass is 10.1. The van der Waals surface area contributed by atoms with Gasteiger partial charge in [0.25, 0.3) is 0 Å². The van der Waals surface area contributed by atoms with Gasteiger partial charge in [0.15, 0.2) is 0 Å². The molecule has 3 rings (SSSR count). The van der Waals surface area contributed by atoms with Gasteiger partial charge in [0.05, 0.1) is 6.61 Å². The van der Waals surface area contributed by atoms with Gasteiger partial charge < -0.3 is 14.8 Å². The molecule has 0 radical (unpaired) electrons. The number of pyridine rings is 1. The lowest BCUT2D eigenvalue weighted by Crippen LogP contribution is -2.18. The number of hydrogen-bond acceptors (Lipinski definition) is 6. The Hall–Kier alpha value is -3.35. The van der Waals surface area contributed by atoms with E-state index in [9.17, 15) is 9.59 Å². The molecular weight excluding hydrogens is 382 g/mol. The van der Waals surface area contributed by atoms with E-state index >= 15 is 0 Å². The summed E-state index contributed by atoms with van der Waals surface area (Å²) in [7, 11) is 0. The number of rotatable bonds is 8. The van der Waals surface area contributed by atoms with Gasteiger partial charge in [-0.15, -0.1) is 0 Å². The fourth-order valence-corrected chi connectivity index (χ4v) is 3.20. The van der Waals surface area contributed by atoms with E-state index in [1.807, 2.05) is 55.5 Å². The molecule has 1 N–H and O–H groups in total. The number of aryl methyl sites for hydroxylation is 1. The predicted octanol–water partition coefficient (Wildman–Crippen LogP) is 4.24. The van der Waals surface area contributed by atoms with E-state index in [2.05, 4.69) is 5.32 Å². The number of imidazole rings is 1. The highest BCUT2D eigenvalue weighted by Gasteiger charge is 2.17. The first-order chi connectivity index (χ1) is 14.4. The summed E-state index contributed by atoms with van der Waals surface area (Å²) < 4.78 is 12.5. The summed E-state index contributed by atoms with van der Waals surface area (Å²) in [6, 6.07) is 13.0. The average molecular weight is 409 g/mol. The second-order valence-corrected chi connectivity index (χ2v) is 7.43. The summed E-state index contributed by atoms with van der Waals surface area (Å²) in [6.45, 7) is 8.03. The van der Waals surface area contributed by atoms with Crippen LogP contribution in [0.2, 0.25) is 0 Å². The molecule has 0 aliphatic carbocycles. The SMILES string of the molecule is CCOC(=O)CNc1c(-c2cccc(OC(=O)CC(C)C)c2)nc2cccc(C)n12. The van der Waals surface area contributed by atoms with Crippen molar-refractivity contribution in [3.8, 4) is 17.0 Å². The third-order valence-electron chi connectivity index (χ3n) is 4.46. The van der Waals surface area contributed by atoms with Crippen LogP contribution in [0.4, 0.5) is 5.82 Å². The average Bonchev–Trinajstić information content (AvgIpc) is 3.06. The van der Waals surface area contributed by atoms with Gasteiger partial charge in [0.2, 0.25) is 0 Å². The smallest absolute Gasteiger partial charge is 0.325 e. The Morgan fingerprint density at radius 2 is 1.90 bits per heavy atom. The molecule has 0 saturated carbocycles. The van der Waals surface area contributed by atoms with Crippen molar-refractivity contribution < 1.29 is 19.1 Å². The number of esters is 2. The first kappa shape index (κ1) is 21.4. The summed E-state index contributed by atoms with van der Waals surface area (Å²) in [5.41, 5.74) is 3.16. The van der Waals surface area contributed by atoms with Crippen molar-refractivity contribution in [2.24, 2.45) is 5.92 Å². The number of aromatic nitrogens is 2. The summed E-state index contributed by atoms with van der Waals surface area (Å²) in [6.07, 6.45) is 0.351. The minimum absolute atomic E-state index is 0.0199. The van der Waals surface area contributed by atoms with Crippen LogP contribution >= 0.6 is 0 Å². The Bertz CT molecular complexity index is 1060. The number of nitrogens with one attached hydrogen (secondary N) is 1. The zero-order chi connectivity index (χ0) is 21.7. The molecule has 0 saturated heterocycles. The molecule has 7 nitrogen and oxygen atoms in total. The van der Waals surface area contributed by atoms with E-state index in [4.69, 9.17) is 14.5 Å². The Balaban J connectivity index is 1.98. The van der Waals surface area contributed by atoms with Crippen molar-refractivity contribution in [3.63, 3.8) is 0 Å². The van der Waals surface area contributed by atoms with E-state index in [0.717, 1.165) is 16.9 Å². The van der Waals surface area contributed by atoms with Crippen LogP contribution in [0.3, 0.4) is 0 Å². The molecule has 1 aromatic carbocycles. The van der Waals surface area contributed by atoms with Gasteiger partial charge in [0.1, 0.15) is 29.5 Å². The summed E-state index contributed by atoms with van der Waals surface area (Å²) in [4.78, 5) is 28.7. The van der Waals surface area contributed by atoms with Crippen molar-refractivity contribution in [2.45, 2.75) is 34.1 Å². The minimum Gasteiger partial charge on any atom is -0.465 e. The van der Waals surface area contributed by atoms with E-state index in [0.29, 0.717) is 30.3 Å². The lowest BCUT2D eigenvalue weighted by molar-refractivity contribution is -0.141. The number of fused-ring (bicyclic) bond motifs is 1. The number of ether oxygens (including phenoxy) is 2. The maximum atomic E-state index is 12.1. The highest BCUT2D eigenvalue weighted by atomic mass is 16.5. The highest BCUT2D eigenvalue weighted by Crippen LogP contribution is 2.32. The predicted molar refractivity (Wildman–Crippen MR) is 116 cm³/mol. The molecule has 2 aromatic heterocycles. The number of nitrogens with zero attached hydrogens (tertiary/aromatic N) is 2. The van der Waals surface area contributed by atoms with Crippen LogP contribution in [0.5, 0.6) is 5.75 Å². The third kappa shape index (κ3) is 4.97. The molecule has 0 amide bonds. The zero-order valence-corrected chi connectivity index (χ0v) is 17.8. The summed E-state index contributed by atoms with van der Waals surface area (Å²) in [5.74, 6) is 0.753. The fraction of sp³-hybridized carbons (Fsp3) is 0.348. The van der Waals surface area contributed by atoms with Crippen molar-refractivity contribution in [3.05, 3.63) is 48.2 Å². The normalized spacial score (nSPS) is 11.0. The number of benzene rings is 1. The van der Waals surface area contributed by atoms with Crippen molar-refractivity contribution >= 4 is 23.4 Å². The molecule has 0 unspecified atom stereocenters. The molecule has 2 heterocycles. The zero-order valence-electron chi connectivity index (χ0n) is 17.8. The largest absolute Gasteiger partial charge is 0.465 e. The maximum Gasteiger partial charge on any atom is 0.325 e. The van der Waals surface area contributed by atoms with E-state index in [-0.39, 0.29) is 24.4 Å². The summed E-state index contributed by atoms with van der Waals surface area (Å²) in [5, 5.41) is 3.16. The van der Waals surface area contributed by atoms with Gasteiger partial charge in [-0.1, -0.05) is 32.0 Å². The molecule has 3 aromatic rings. The first-order valence-corrected chi connectivity index (χ1v) is 10.1. The van der Waals surface area contributed by atoms with Crippen molar-refractivity contribution in [1.82, 2.24) is 9.38 Å². The molecule has 0 fully saturated rings. The quantitative estimate of drug-likeness (QED) is 0.443. The molecule has 0 aliphatic rings. The monoisotopic (exact) mass is 409 g/mol. The molecule has 0 spiro atoms. The molecule has 0 aliphatic heterocycles. The van der Waals surface area contributed by atoms with Crippen LogP contribution in [0.15, 0.2) is 42.5 Å². The molecule has 30 heavy (non-hydrogen) atoms. The van der Waals surface area contributed by atoms with Crippen LogP contribution in [-0.4, -0.2) is 34.5 Å². The van der Waals surface area contributed by atoms with Gasteiger partial charge >= 0.3 is 11.9 Å². The Morgan fingerprint density at radius 3 is 2.63 bits per heavy atom. The topological polar surface area (TPSA) is 81.9 Å². The van der Waals surface area contributed by atoms with Gasteiger partial charge in [-0.3, -0.25) is 14.0 Å². The van der Waals surface area contributed by atoms with Crippen molar-refractivity contribution in [2.75, 3.05) is 18.5 Å². The minimum atomic E-state index is -0.344. The standard InChI is InChI=1S/C23H27N3O4/c1-5-29-21(28)14-24-23-22(25-19-11-6-8-16(4)26(19)23)17-9-7-10-18(13-17)30-20(27)12-15(2)3/h6-11,13,15,24H,5,12,14H2,1-4H3. The summed E-state index contributed by atoms with van der Waals surface area (Å²) >= 11 is 0. The molecular formula is C23H27N3O4. The molecule has 0 atom stereocenters. The number of hydrogen-bond donors (Lipinski definition) is 1. The van der Waals surface area contributed by atoms with Crippen LogP contribution in [0.1, 0.15) is 32.9 Å². The second-order valence-electron chi connectivity index (χ2n) is 7.43. The van der Waals surface area contributed by atoms with Crippen molar-refractivity contribution in [1.29, 1.82) is 0 Å². The van der Waals surface area contributed by atoms with Crippen LogP contribution < -0.4 is 10.1 Å². The van der Waals surface area contributed by atoms with Gasteiger partial charge in [0, 0.05) is 17.7 Å². The Morgan fingerprint density at radius 1 is 1.13 bits per heavy atom. The number of anilines is 1. The van der Waals surface area contributed by atoms with Gasteiger partial charge in [-0.05, 0) is 44.0 Å². The molecule has 158 valence electrons. The molecule has 7 heteroatoms. The number of carbonyl (C=O) groups is 2. The fourth-order valence-electron chi connectivity index (χ4n) is 3.20. The van der Waals surface area contributed by atoms with E-state index in [1.54, 1.807) is 19.1 Å². The highest BCUT2D eigenvalue weighted by molar-refractivity contribution is 5.82. The third-order valence-corrected chi connectivity index (χ3v) is 4.46. The van der Waals surface area contributed by atoms with E-state index in [1.165, 1.54) is 0 Å². The Kier molecular flexibility index (Phi) is 6.72. The molecule has 0 bridgehead atoms.